The molecule has 22 heavy (non-hydrogen) atoms. The minimum atomic E-state index is -2.53. The molecule has 0 bridgehead atoms. The highest BCUT2D eigenvalue weighted by Gasteiger charge is 2.12. The van der Waals surface area contributed by atoms with Gasteiger partial charge in [0.15, 0.2) is 0 Å². The fourth-order valence-electron chi connectivity index (χ4n) is 2.33. The van der Waals surface area contributed by atoms with Crippen LogP contribution in [0.25, 0.3) is 22.2 Å². The van der Waals surface area contributed by atoms with Gasteiger partial charge in [-0.25, -0.2) is 14.2 Å². The standard InChI is InChI=1S/C16H13FN2O2S/c1-10-3-4-11(21-2)7-14(10)16-13-6-5-12(22(17)20)8-15(13)18-9-19-16/h3-9H,1-2H3. The lowest BCUT2D eigenvalue weighted by Gasteiger charge is -2.10. The van der Waals surface area contributed by atoms with Crippen LogP contribution in [0.1, 0.15) is 5.56 Å². The van der Waals surface area contributed by atoms with Crippen LogP contribution in [0.3, 0.4) is 0 Å². The number of aryl methyl sites for hydroxylation is 1. The van der Waals surface area contributed by atoms with E-state index < -0.39 is 11.2 Å². The molecule has 0 aliphatic carbocycles. The van der Waals surface area contributed by atoms with Crippen LogP contribution >= 0.6 is 0 Å². The lowest BCUT2D eigenvalue weighted by molar-refractivity contribution is 0.415. The Morgan fingerprint density at radius 1 is 1.14 bits per heavy atom. The van der Waals surface area contributed by atoms with Gasteiger partial charge in [0.05, 0.1) is 23.2 Å². The zero-order valence-electron chi connectivity index (χ0n) is 12.0. The van der Waals surface area contributed by atoms with Gasteiger partial charge in [-0.2, -0.15) is 0 Å². The van der Waals surface area contributed by atoms with E-state index in [0.29, 0.717) is 5.52 Å². The van der Waals surface area contributed by atoms with Crippen molar-refractivity contribution in [2.45, 2.75) is 11.8 Å². The lowest BCUT2D eigenvalue weighted by atomic mass is 10.0. The highest BCUT2D eigenvalue weighted by Crippen LogP contribution is 2.31. The summed E-state index contributed by atoms with van der Waals surface area (Å²) < 4.78 is 29.2. The van der Waals surface area contributed by atoms with Crippen LogP contribution in [0.15, 0.2) is 47.6 Å². The fraction of sp³-hybridized carbons (Fsp3) is 0.125. The average Bonchev–Trinajstić information content (AvgIpc) is 2.54. The van der Waals surface area contributed by atoms with Crippen LogP contribution in [0.2, 0.25) is 0 Å². The number of nitrogens with zero attached hydrogens (tertiary/aromatic N) is 2. The van der Waals surface area contributed by atoms with Gasteiger partial charge in [0.25, 0.3) is 0 Å². The first kappa shape index (κ1) is 14.6. The largest absolute Gasteiger partial charge is 0.497 e. The molecule has 0 fully saturated rings. The van der Waals surface area contributed by atoms with Gasteiger partial charge in [0.1, 0.15) is 12.1 Å². The van der Waals surface area contributed by atoms with E-state index in [4.69, 9.17) is 4.74 Å². The van der Waals surface area contributed by atoms with Crippen molar-refractivity contribution < 1.29 is 12.8 Å². The van der Waals surface area contributed by atoms with Gasteiger partial charge in [-0.05, 0) is 42.8 Å². The van der Waals surface area contributed by atoms with Crippen LogP contribution in [-0.2, 0) is 11.2 Å². The smallest absolute Gasteiger partial charge is 0.231 e. The van der Waals surface area contributed by atoms with Crippen molar-refractivity contribution in [3.05, 3.63) is 48.3 Å². The fourth-order valence-corrected chi connectivity index (χ4v) is 2.71. The molecule has 1 aromatic heterocycles. The number of rotatable bonds is 3. The van der Waals surface area contributed by atoms with E-state index in [9.17, 15) is 8.09 Å². The molecule has 4 nitrogen and oxygen atoms in total. The summed E-state index contributed by atoms with van der Waals surface area (Å²) in [4.78, 5) is 8.59. The monoisotopic (exact) mass is 316 g/mol. The van der Waals surface area contributed by atoms with Crippen molar-refractivity contribution in [3.8, 4) is 17.0 Å². The summed E-state index contributed by atoms with van der Waals surface area (Å²) in [7, 11) is 1.61. The number of aromatic nitrogens is 2. The summed E-state index contributed by atoms with van der Waals surface area (Å²) >= 11 is -2.53. The first-order valence-corrected chi connectivity index (χ1v) is 7.63. The first-order valence-electron chi connectivity index (χ1n) is 6.58. The number of hydrogen-bond acceptors (Lipinski definition) is 4. The number of fused-ring (bicyclic) bond motifs is 1. The quantitative estimate of drug-likeness (QED) is 0.693. The molecule has 0 spiro atoms. The summed E-state index contributed by atoms with van der Waals surface area (Å²) in [6, 6.07) is 10.4. The maximum absolute atomic E-state index is 13.0. The van der Waals surface area contributed by atoms with Crippen LogP contribution in [0.5, 0.6) is 5.75 Å². The predicted molar refractivity (Wildman–Crippen MR) is 83.8 cm³/mol. The Bertz CT molecular complexity index is 883. The molecule has 0 aliphatic rings. The van der Waals surface area contributed by atoms with Gasteiger partial charge in [-0.15, -0.1) is 3.89 Å². The summed E-state index contributed by atoms with van der Waals surface area (Å²) in [5, 5.41) is 0.771. The van der Waals surface area contributed by atoms with E-state index in [0.717, 1.165) is 28.0 Å². The zero-order valence-corrected chi connectivity index (χ0v) is 12.9. The van der Waals surface area contributed by atoms with Crippen LogP contribution in [0.4, 0.5) is 3.89 Å². The van der Waals surface area contributed by atoms with E-state index in [2.05, 4.69) is 9.97 Å². The number of benzene rings is 2. The van der Waals surface area contributed by atoms with E-state index in [-0.39, 0.29) is 4.90 Å². The molecule has 0 saturated carbocycles. The predicted octanol–water partition coefficient (Wildman–Crippen LogP) is 3.61. The number of halogens is 1. The SMILES string of the molecule is COc1ccc(C)c(-c2ncnc3cc(S(=O)F)ccc23)c1. The Morgan fingerprint density at radius 2 is 1.95 bits per heavy atom. The van der Waals surface area contributed by atoms with E-state index in [1.165, 1.54) is 18.5 Å². The van der Waals surface area contributed by atoms with E-state index >= 15 is 0 Å². The summed E-state index contributed by atoms with van der Waals surface area (Å²) in [5.41, 5.74) is 3.24. The first-order chi connectivity index (χ1) is 10.6. The molecule has 3 rings (SSSR count). The number of hydrogen-bond donors (Lipinski definition) is 0. The average molecular weight is 316 g/mol. The molecule has 0 amide bonds. The highest BCUT2D eigenvalue weighted by atomic mass is 32.2. The molecule has 0 radical (unpaired) electrons. The lowest BCUT2D eigenvalue weighted by Crippen LogP contribution is -1.94. The third-order valence-electron chi connectivity index (χ3n) is 3.49. The van der Waals surface area contributed by atoms with Gasteiger partial charge >= 0.3 is 0 Å². The molecule has 1 atom stereocenters. The summed E-state index contributed by atoms with van der Waals surface area (Å²) in [5.74, 6) is 0.730. The molecule has 0 N–H and O–H groups in total. The van der Waals surface area contributed by atoms with Crippen molar-refractivity contribution in [2.75, 3.05) is 7.11 Å². The normalized spacial score (nSPS) is 12.3. The number of methoxy groups -OCH3 is 1. The van der Waals surface area contributed by atoms with Crippen molar-refractivity contribution in [3.63, 3.8) is 0 Å². The minimum absolute atomic E-state index is 0.0968. The van der Waals surface area contributed by atoms with E-state index in [1.54, 1.807) is 13.2 Å². The van der Waals surface area contributed by atoms with Gasteiger partial charge in [-0.3, -0.25) is 0 Å². The molecule has 1 unspecified atom stereocenters. The highest BCUT2D eigenvalue weighted by molar-refractivity contribution is 7.79. The Hall–Kier alpha value is -2.34. The molecule has 6 heteroatoms. The minimum Gasteiger partial charge on any atom is -0.497 e. The van der Waals surface area contributed by atoms with E-state index in [1.807, 2.05) is 25.1 Å². The molecular weight excluding hydrogens is 303 g/mol. The Balaban J connectivity index is 2.25. The third kappa shape index (κ3) is 2.57. The maximum Gasteiger partial charge on any atom is 0.231 e. The Labute approximate surface area is 129 Å². The zero-order chi connectivity index (χ0) is 15.7. The molecule has 3 aromatic rings. The van der Waals surface area contributed by atoms with Crippen molar-refractivity contribution >= 4 is 22.1 Å². The Kier molecular flexibility index (Phi) is 3.85. The second-order valence-corrected chi connectivity index (χ2v) is 5.72. The molecule has 0 saturated heterocycles. The molecule has 0 aliphatic heterocycles. The van der Waals surface area contributed by atoms with Gasteiger partial charge in [-0.1, -0.05) is 6.07 Å². The van der Waals surface area contributed by atoms with Crippen LogP contribution < -0.4 is 4.74 Å². The second kappa shape index (κ2) is 5.81. The molecule has 1 heterocycles. The third-order valence-corrected chi connectivity index (χ3v) is 4.12. The van der Waals surface area contributed by atoms with Crippen molar-refractivity contribution in [2.24, 2.45) is 0 Å². The van der Waals surface area contributed by atoms with Crippen LogP contribution in [-0.4, -0.2) is 21.3 Å². The second-order valence-electron chi connectivity index (χ2n) is 4.81. The molecule has 112 valence electrons. The van der Waals surface area contributed by atoms with Crippen molar-refractivity contribution in [1.29, 1.82) is 0 Å². The molecular formula is C16H13FN2O2S. The van der Waals surface area contributed by atoms with Crippen molar-refractivity contribution in [1.82, 2.24) is 9.97 Å². The Morgan fingerprint density at radius 3 is 2.68 bits per heavy atom. The number of ether oxygens (including phenoxy) is 1. The van der Waals surface area contributed by atoms with Gasteiger partial charge in [0.2, 0.25) is 11.2 Å². The summed E-state index contributed by atoms with van der Waals surface area (Å²) in [6.07, 6.45) is 1.42. The molecule has 2 aromatic carbocycles. The maximum atomic E-state index is 13.0. The summed E-state index contributed by atoms with van der Waals surface area (Å²) in [6.45, 7) is 1.98. The van der Waals surface area contributed by atoms with Gasteiger partial charge < -0.3 is 4.74 Å². The topological polar surface area (TPSA) is 52.1 Å². The van der Waals surface area contributed by atoms with Gasteiger partial charge in [0, 0.05) is 10.9 Å². The van der Waals surface area contributed by atoms with Crippen LogP contribution in [0, 0.1) is 6.92 Å².